The first-order valence-electron chi connectivity index (χ1n) is 7.69. The predicted octanol–water partition coefficient (Wildman–Crippen LogP) is 3.34. The second kappa shape index (κ2) is 7.57. The van der Waals surface area contributed by atoms with Gasteiger partial charge in [0.1, 0.15) is 9.52 Å². The maximum absolute atomic E-state index is 5.86. The van der Waals surface area contributed by atoms with Gasteiger partial charge in [0.15, 0.2) is 0 Å². The van der Waals surface area contributed by atoms with Gasteiger partial charge in [0, 0.05) is 0 Å². The Kier molecular flexibility index (Phi) is 5.75. The highest BCUT2D eigenvalue weighted by molar-refractivity contribution is 6.67. The van der Waals surface area contributed by atoms with Gasteiger partial charge in [-0.3, -0.25) is 0 Å². The van der Waals surface area contributed by atoms with Crippen molar-refractivity contribution in [1.82, 2.24) is 0 Å². The third-order valence-electron chi connectivity index (χ3n) is 3.33. The van der Waals surface area contributed by atoms with E-state index in [0.29, 0.717) is 9.52 Å². The van der Waals surface area contributed by atoms with Crippen LogP contribution in [0.3, 0.4) is 0 Å². The summed E-state index contributed by atoms with van der Waals surface area (Å²) in [6.07, 6.45) is 2.86. The molecule has 0 saturated heterocycles. The molecule has 0 N–H and O–H groups in total. The highest BCUT2D eigenvalue weighted by atomic mass is 28.2. The maximum atomic E-state index is 5.86. The zero-order valence-corrected chi connectivity index (χ0v) is 14.7. The van der Waals surface area contributed by atoms with E-state index in [-0.39, 0.29) is 5.60 Å². The summed E-state index contributed by atoms with van der Waals surface area (Å²) in [5.41, 5.74) is 2.49. The first kappa shape index (κ1) is 16.7. The molecule has 0 saturated carbocycles. The minimum absolute atomic E-state index is 0.0739. The Balaban J connectivity index is 2.09. The van der Waals surface area contributed by atoms with Gasteiger partial charge in [-0.05, 0) is 38.3 Å². The molecule has 2 heteroatoms. The standard InChI is InChI=1S/C20H24OSi/c1-5-16-9-8-11-18(15-16)22-19-12-7-6-10-17(19)13-14-21-20(2,3)4/h5-12,15H,1,13-14H2,2-4H3. The number of rotatable bonds is 6. The Labute approximate surface area is 136 Å². The molecule has 0 aliphatic heterocycles. The average molecular weight is 308 g/mol. The van der Waals surface area contributed by atoms with Gasteiger partial charge < -0.3 is 4.74 Å². The topological polar surface area (TPSA) is 9.23 Å². The third kappa shape index (κ3) is 5.28. The van der Waals surface area contributed by atoms with Crippen LogP contribution in [0.1, 0.15) is 31.9 Å². The molecule has 1 nitrogen and oxygen atoms in total. The Hall–Kier alpha value is -1.64. The summed E-state index contributed by atoms with van der Waals surface area (Å²) in [5.74, 6) is 0. The van der Waals surface area contributed by atoms with Crippen molar-refractivity contribution in [3.63, 3.8) is 0 Å². The van der Waals surface area contributed by atoms with Gasteiger partial charge in [0.2, 0.25) is 0 Å². The molecule has 0 atom stereocenters. The lowest BCUT2D eigenvalue weighted by Crippen LogP contribution is -2.31. The maximum Gasteiger partial charge on any atom is 0.121 e. The van der Waals surface area contributed by atoms with Crippen LogP contribution < -0.4 is 10.4 Å². The Bertz CT molecular complexity index is 626. The summed E-state index contributed by atoms with van der Waals surface area (Å²) >= 11 is 0. The highest BCUT2D eigenvalue weighted by Gasteiger charge is 2.11. The van der Waals surface area contributed by atoms with Crippen LogP contribution in [0.4, 0.5) is 0 Å². The van der Waals surface area contributed by atoms with Crippen molar-refractivity contribution in [1.29, 1.82) is 0 Å². The first-order chi connectivity index (χ1) is 10.5. The molecule has 0 bridgehead atoms. The van der Waals surface area contributed by atoms with Gasteiger partial charge in [-0.1, -0.05) is 71.6 Å². The second-order valence-electron chi connectivity index (χ2n) is 6.32. The fourth-order valence-electron chi connectivity index (χ4n) is 2.23. The van der Waals surface area contributed by atoms with Crippen LogP contribution in [-0.4, -0.2) is 21.7 Å². The summed E-state index contributed by atoms with van der Waals surface area (Å²) in [5, 5.41) is 2.75. The Morgan fingerprint density at radius 3 is 2.59 bits per heavy atom. The van der Waals surface area contributed by atoms with Crippen LogP contribution >= 0.6 is 0 Å². The molecular formula is C20H24OSi. The summed E-state index contributed by atoms with van der Waals surface area (Å²) in [4.78, 5) is 0. The van der Waals surface area contributed by atoms with Gasteiger partial charge in [0.25, 0.3) is 0 Å². The Morgan fingerprint density at radius 2 is 1.86 bits per heavy atom. The fourth-order valence-corrected chi connectivity index (χ4v) is 3.50. The molecule has 0 aliphatic carbocycles. The minimum Gasteiger partial charge on any atom is -0.376 e. The zero-order valence-electron chi connectivity index (χ0n) is 13.7. The normalized spacial score (nSPS) is 11.4. The van der Waals surface area contributed by atoms with Gasteiger partial charge in [-0.15, -0.1) is 0 Å². The van der Waals surface area contributed by atoms with E-state index in [1.807, 2.05) is 6.08 Å². The monoisotopic (exact) mass is 308 g/mol. The molecule has 0 amide bonds. The molecule has 2 rings (SSSR count). The molecule has 0 unspecified atom stereocenters. The van der Waals surface area contributed by atoms with Crippen molar-refractivity contribution in [3.05, 3.63) is 66.2 Å². The summed E-state index contributed by atoms with van der Waals surface area (Å²) in [6.45, 7) is 10.9. The lowest BCUT2D eigenvalue weighted by molar-refractivity contribution is -0.000912. The average Bonchev–Trinajstić information content (AvgIpc) is 2.48. The van der Waals surface area contributed by atoms with Crippen molar-refractivity contribution < 1.29 is 4.74 Å². The molecule has 0 aromatic heterocycles. The van der Waals surface area contributed by atoms with Gasteiger partial charge >= 0.3 is 0 Å². The van der Waals surface area contributed by atoms with Crippen molar-refractivity contribution in [2.45, 2.75) is 32.8 Å². The molecule has 0 spiro atoms. The van der Waals surface area contributed by atoms with E-state index in [1.165, 1.54) is 21.5 Å². The van der Waals surface area contributed by atoms with Crippen LogP contribution in [-0.2, 0) is 11.2 Å². The molecule has 114 valence electrons. The van der Waals surface area contributed by atoms with E-state index in [0.717, 1.165) is 13.0 Å². The fraction of sp³-hybridized carbons (Fsp3) is 0.300. The van der Waals surface area contributed by atoms with E-state index in [1.54, 1.807) is 0 Å². The van der Waals surface area contributed by atoms with Gasteiger partial charge in [-0.2, -0.15) is 0 Å². The minimum atomic E-state index is -0.0739. The Morgan fingerprint density at radius 1 is 1.09 bits per heavy atom. The third-order valence-corrected chi connectivity index (χ3v) is 4.68. The van der Waals surface area contributed by atoms with Crippen LogP contribution in [0.2, 0.25) is 0 Å². The van der Waals surface area contributed by atoms with E-state index in [4.69, 9.17) is 4.74 Å². The lowest BCUT2D eigenvalue weighted by Gasteiger charge is -2.20. The quantitative estimate of drug-likeness (QED) is 0.744. The van der Waals surface area contributed by atoms with Crippen LogP contribution in [0.15, 0.2) is 55.1 Å². The van der Waals surface area contributed by atoms with Crippen LogP contribution in [0.5, 0.6) is 0 Å². The lowest BCUT2D eigenvalue weighted by atomic mass is 10.1. The van der Waals surface area contributed by atoms with Crippen LogP contribution in [0, 0.1) is 0 Å². The highest BCUT2D eigenvalue weighted by Crippen LogP contribution is 2.08. The van der Waals surface area contributed by atoms with E-state index in [2.05, 4.69) is 75.9 Å². The molecule has 0 heterocycles. The van der Waals surface area contributed by atoms with Crippen LogP contribution in [0.25, 0.3) is 6.08 Å². The summed E-state index contributed by atoms with van der Waals surface area (Å²) in [7, 11) is 0.670. The smallest absolute Gasteiger partial charge is 0.121 e. The SMILES string of the molecule is C=Cc1cccc([Si]c2ccccc2CCOC(C)(C)C)c1. The van der Waals surface area contributed by atoms with Crippen molar-refractivity contribution in [3.8, 4) is 0 Å². The van der Waals surface area contributed by atoms with Crippen molar-refractivity contribution in [2.75, 3.05) is 6.61 Å². The summed E-state index contributed by atoms with van der Waals surface area (Å²) in [6, 6.07) is 17.3. The number of ether oxygens (including phenoxy) is 1. The second-order valence-corrected chi connectivity index (χ2v) is 7.69. The van der Waals surface area contributed by atoms with E-state index in [9.17, 15) is 0 Å². The molecule has 2 aromatic carbocycles. The number of benzene rings is 2. The molecule has 2 aromatic rings. The first-order valence-corrected chi connectivity index (χ1v) is 8.69. The molecule has 2 radical (unpaired) electrons. The molecule has 0 aliphatic rings. The summed E-state index contributed by atoms with van der Waals surface area (Å²) < 4.78 is 5.86. The van der Waals surface area contributed by atoms with Gasteiger partial charge in [-0.25, -0.2) is 0 Å². The zero-order chi connectivity index (χ0) is 16.0. The number of hydrogen-bond donors (Lipinski definition) is 0. The van der Waals surface area contributed by atoms with Crippen molar-refractivity contribution >= 4 is 26.0 Å². The molecule has 22 heavy (non-hydrogen) atoms. The van der Waals surface area contributed by atoms with E-state index >= 15 is 0 Å². The molecule has 0 fully saturated rings. The number of hydrogen-bond acceptors (Lipinski definition) is 1. The van der Waals surface area contributed by atoms with E-state index < -0.39 is 0 Å². The largest absolute Gasteiger partial charge is 0.376 e. The van der Waals surface area contributed by atoms with Gasteiger partial charge in [0.05, 0.1) is 12.2 Å². The molecular weight excluding hydrogens is 284 g/mol. The van der Waals surface area contributed by atoms with Crippen molar-refractivity contribution in [2.24, 2.45) is 0 Å². The predicted molar refractivity (Wildman–Crippen MR) is 97.4 cm³/mol.